The van der Waals surface area contributed by atoms with E-state index in [4.69, 9.17) is 4.42 Å². The third-order valence-corrected chi connectivity index (χ3v) is 2.62. The van der Waals surface area contributed by atoms with Gasteiger partial charge in [0.05, 0.1) is 18.6 Å². The fraction of sp³-hybridized carbons (Fsp3) is 0.400. The van der Waals surface area contributed by atoms with E-state index in [1.165, 1.54) is 11.8 Å². The fourth-order valence-corrected chi connectivity index (χ4v) is 1.72. The van der Waals surface area contributed by atoms with Crippen LogP contribution in [0.1, 0.15) is 18.6 Å². The molecule has 5 heteroatoms. The molecule has 15 heavy (non-hydrogen) atoms. The maximum atomic E-state index is 11.3. The van der Waals surface area contributed by atoms with Crippen LogP contribution < -0.4 is 0 Å². The third-order valence-electron chi connectivity index (χ3n) is 1.67. The third kappa shape index (κ3) is 5.27. The highest BCUT2D eigenvalue weighted by molar-refractivity contribution is 8.12. The summed E-state index contributed by atoms with van der Waals surface area (Å²) in [6.45, 7) is 0.691. The van der Waals surface area contributed by atoms with Crippen LogP contribution in [0.2, 0.25) is 0 Å². The Morgan fingerprint density at radius 3 is 3.13 bits per heavy atom. The first-order chi connectivity index (χ1) is 7.33. The van der Waals surface area contributed by atoms with E-state index in [0.29, 0.717) is 31.7 Å². The Morgan fingerprint density at radius 2 is 2.47 bits per heavy atom. The van der Waals surface area contributed by atoms with E-state index in [1.54, 1.807) is 12.3 Å². The van der Waals surface area contributed by atoms with Crippen LogP contribution >= 0.6 is 11.8 Å². The van der Waals surface area contributed by atoms with Gasteiger partial charge in [-0.25, -0.2) is 0 Å². The van der Waals surface area contributed by atoms with Gasteiger partial charge < -0.3 is 9.15 Å². The zero-order valence-electron chi connectivity index (χ0n) is 8.18. The summed E-state index contributed by atoms with van der Waals surface area (Å²) < 4.78 is 9.56. The molecule has 4 nitrogen and oxygen atoms in total. The first kappa shape index (κ1) is 11.8. The van der Waals surface area contributed by atoms with E-state index < -0.39 is 0 Å². The van der Waals surface area contributed by atoms with Gasteiger partial charge in [0.1, 0.15) is 5.76 Å². The fourth-order valence-electron chi connectivity index (χ4n) is 0.966. The van der Waals surface area contributed by atoms with Crippen LogP contribution in [-0.2, 0) is 20.1 Å². The molecular weight excluding hydrogens is 216 g/mol. The zero-order chi connectivity index (χ0) is 10.9. The van der Waals surface area contributed by atoms with Gasteiger partial charge in [-0.2, -0.15) is 0 Å². The Kier molecular flexibility index (Phi) is 5.62. The molecule has 0 fully saturated rings. The van der Waals surface area contributed by atoms with Gasteiger partial charge in [0.15, 0.2) is 5.12 Å². The lowest BCUT2D eigenvalue weighted by Crippen LogP contribution is -1.97. The summed E-state index contributed by atoms with van der Waals surface area (Å²) in [5.74, 6) is 1.35. The molecule has 0 saturated heterocycles. The highest BCUT2D eigenvalue weighted by Crippen LogP contribution is 2.15. The molecule has 82 valence electrons. The quantitative estimate of drug-likeness (QED) is 0.527. The zero-order valence-corrected chi connectivity index (χ0v) is 9.00. The van der Waals surface area contributed by atoms with Crippen molar-refractivity contribution in [2.24, 2.45) is 0 Å². The summed E-state index contributed by atoms with van der Waals surface area (Å²) in [5, 5.41) is 0.0842. The number of ether oxygens (including phenoxy) is 1. The summed E-state index contributed by atoms with van der Waals surface area (Å²) in [7, 11) is 0. The van der Waals surface area contributed by atoms with Gasteiger partial charge >= 0.3 is 0 Å². The molecule has 0 saturated carbocycles. The van der Waals surface area contributed by atoms with Crippen molar-refractivity contribution in [2.45, 2.75) is 18.6 Å². The number of furan rings is 1. The second-order valence-electron chi connectivity index (χ2n) is 2.81. The van der Waals surface area contributed by atoms with E-state index in [2.05, 4.69) is 4.74 Å². The van der Waals surface area contributed by atoms with Crippen LogP contribution in [-0.4, -0.2) is 18.2 Å². The molecule has 0 bridgehead atoms. The van der Waals surface area contributed by atoms with Crippen molar-refractivity contribution in [3.63, 3.8) is 0 Å². The van der Waals surface area contributed by atoms with Crippen LogP contribution in [0.4, 0.5) is 0 Å². The molecule has 0 unspecified atom stereocenters. The van der Waals surface area contributed by atoms with E-state index in [0.717, 1.165) is 5.76 Å². The summed E-state index contributed by atoms with van der Waals surface area (Å²) in [6.07, 6.45) is 2.57. The van der Waals surface area contributed by atoms with Crippen molar-refractivity contribution < 1.29 is 18.7 Å². The normalized spacial score (nSPS) is 9.87. The topological polar surface area (TPSA) is 56.5 Å². The molecule has 1 aromatic heterocycles. The minimum atomic E-state index is 0.0842. The minimum Gasteiger partial charge on any atom is -0.468 e. The Labute approximate surface area is 92.0 Å². The van der Waals surface area contributed by atoms with Crippen molar-refractivity contribution in [3.05, 3.63) is 24.2 Å². The largest absolute Gasteiger partial charge is 0.468 e. The van der Waals surface area contributed by atoms with Crippen LogP contribution in [0.3, 0.4) is 0 Å². The van der Waals surface area contributed by atoms with E-state index in [9.17, 15) is 9.59 Å². The van der Waals surface area contributed by atoms with Gasteiger partial charge in [-0.15, -0.1) is 0 Å². The first-order valence-electron chi connectivity index (χ1n) is 4.56. The molecule has 1 aromatic rings. The molecule has 0 aliphatic heterocycles. The smallest absolute Gasteiger partial charge is 0.293 e. The molecule has 1 heterocycles. The van der Waals surface area contributed by atoms with Crippen LogP contribution in [0.15, 0.2) is 22.8 Å². The average molecular weight is 228 g/mol. The Hall–Kier alpha value is -1.23. The van der Waals surface area contributed by atoms with Gasteiger partial charge in [0.2, 0.25) is 0 Å². The number of hydrogen-bond donors (Lipinski definition) is 0. The van der Waals surface area contributed by atoms with Crippen molar-refractivity contribution in [2.75, 3.05) is 6.61 Å². The van der Waals surface area contributed by atoms with Crippen molar-refractivity contribution >= 4 is 23.3 Å². The van der Waals surface area contributed by atoms with Gasteiger partial charge in [-0.1, -0.05) is 11.8 Å². The number of carbonyl (C=O) groups excluding carboxylic acids is 2. The summed E-state index contributed by atoms with van der Waals surface area (Å²) in [4.78, 5) is 21.1. The lowest BCUT2D eigenvalue weighted by molar-refractivity contribution is -0.129. The molecule has 0 aromatic carbocycles. The number of carbonyl (C=O) groups is 2. The predicted octanol–water partition coefficient (Wildman–Crippen LogP) is 1.99. The Morgan fingerprint density at radius 1 is 1.60 bits per heavy atom. The Bertz CT molecular complexity index is 294. The molecule has 0 atom stereocenters. The van der Waals surface area contributed by atoms with Gasteiger partial charge in [-0.05, 0) is 18.6 Å². The monoisotopic (exact) mass is 228 g/mol. The van der Waals surface area contributed by atoms with Gasteiger partial charge in [-0.3, -0.25) is 9.59 Å². The molecule has 0 aliphatic carbocycles. The maximum absolute atomic E-state index is 11.3. The highest BCUT2D eigenvalue weighted by Gasteiger charge is 2.04. The Balaban J connectivity index is 2.06. The molecule has 1 rings (SSSR count). The van der Waals surface area contributed by atoms with E-state index >= 15 is 0 Å². The molecule has 0 aliphatic rings. The van der Waals surface area contributed by atoms with E-state index in [-0.39, 0.29) is 5.12 Å². The lowest BCUT2D eigenvalue weighted by Gasteiger charge is -1.98. The van der Waals surface area contributed by atoms with Crippen LogP contribution in [0.25, 0.3) is 0 Å². The standard InChI is InChI=1S/C10H12O4S/c11-8-13-5-2-4-10(12)15-7-9-3-1-6-14-9/h1,3,6,8H,2,4-5,7H2. The summed E-state index contributed by atoms with van der Waals surface area (Å²) >= 11 is 1.22. The SMILES string of the molecule is O=COCCCC(=O)SCc1ccco1. The molecule has 0 spiro atoms. The van der Waals surface area contributed by atoms with Crippen molar-refractivity contribution in [3.8, 4) is 0 Å². The van der Waals surface area contributed by atoms with Crippen LogP contribution in [0, 0.1) is 0 Å². The van der Waals surface area contributed by atoms with Gasteiger partial charge in [0, 0.05) is 6.42 Å². The predicted molar refractivity (Wildman–Crippen MR) is 56.3 cm³/mol. The summed E-state index contributed by atoms with van der Waals surface area (Å²) in [6, 6.07) is 3.62. The van der Waals surface area contributed by atoms with Gasteiger partial charge in [0.25, 0.3) is 6.47 Å². The second-order valence-corrected chi connectivity index (χ2v) is 3.84. The minimum absolute atomic E-state index is 0.0842. The number of hydrogen-bond acceptors (Lipinski definition) is 5. The molecular formula is C10H12O4S. The second kappa shape index (κ2) is 7.11. The number of thioether (sulfide) groups is 1. The molecule has 0 amide bonds. The summed E-state index contributed by atoms with van der Waals surface area (Å²) in [5.41, 5.74) is 0. The van der Waals surface area contributed by atoms with E-state index in [1.807, 2.05) is 6.07 Å². The average Bonchev–Trinajstić information content (AvgIpc) is 2.74. The number of rotatable bonds is 7. The molecule has 0 radical (unpaired) electrons. The first-order valence-corrected chi connectivity index (χ1v) is 5.54. The van der Waals surface area contributed by atoms with Crippen molar-refractivity contribution in [1.82, 2.24) is 0 Å². The lowest BCUT2D eigenvalue weighted by atomic mass is 10.3. The highest BCUT2D eigenvalue weighted by atomic mass is 32.2. The van der Waals surface area contributed by atoms with Crippen molar-refractivity contribution in [1.29, 1.82) is 0 Å². The maximum Gasteiger partial charge on any atom is 0.293 e. The van der Waals surface area contributed by atoms with Crippen LogP contribution in [0.5, 0.6) is 0 Å². The molecule has 0 N–H and O–H groups in total.